The highest BCUT2D eigenvalue weighted by molar-refractivity contribution is 6.30. The third kappa shape index (κ3) is 4.87. The van der Waals surface area contributed by atoms with Crippen molar-refractivity contribution in [3.05, 3.63) is 58.5 Å². The number of hydrogen-bond acceptors (Lipinski definition) is 7. The van der Waals surface area contributed by atoms with Gasteiger partial charge in [-0.2, -0.15) is 5.10 Å². The zero-order chi connectivity index (χ0) is 25.5. The number of alkyl halides is 1. The first-order valence-corrected chi connectivity index (χ1v) is 12.7. The Morgan fingerprint density at radius 1 is 1.16 bits per heavy atom. The molecule has 37 heavy (non-hydrogen) atoms. The number of halogens is 3. The first-order valence-electron chi connectivity index (χ1n) is 12.4. The van der Waals surface area contributed by atoms with Crippen molar-refractivity contribution < 1.29 is 18.3 Å². The lowest BCUT2D eigenvalue weighted by Crippen LogP contribution is -2.20. The molecule has 0 spiro atoms. The van der Waals surface area contributed by atoms with Crippen LogP contribution >= 0.6 is 11.6 Å². The average molecular weight is 527 g/mol. The van der Waals surface area contributed by atoms with E-state index >= 15 is 4.39 Å². The standard InChI is InChI=1S/C26H25ClF2N6O2/c1-14-26(37-9-7-28)33-23-22(19-5-2-17(27)11-20(19)29)32-24(34-25(23)31-14)15-6-8-36-21(10-15)16-12-30-35(13-16)18-3-4-18/h2,5,11-13,15,18,21H,3-4,6-10H2,1H3/t15-,21+/m0/s1. The number of rotatable bonds is 7. The maximum absolute atomic E-state index is 15.1. The second-order valence-corrected chi connectivity index (χ2v) is 9.88. The minimum absolute atomic E-state index is 0.0360. The number of benzene rings is 1. The van der Waals surface area contributed by atoms with Gasteiger partial charge in [-0.15, -0.1) is 0 Å². The van der Waals surface area contributed by atoms with E-state index in [2.05, 4.69) is 21.3 Å². The fraction of sp³-hybridized carbons (Fsp3) is 0.423. The van der Waals surface area contributed by atoms with E-state index in [4.69, 9.17) is 31.0 Å². The highest BCUT2D eigenvalue weighted by Crippen LogP contribution is 2.40. The Hall–Kier alpha value is -3.24. The lowest BCUT2D eigenvalue weighted by Gasteiger charge is -2.28. The average Bonchev–Trinajstić information content (AvgIpc) is 3.63. The molecule has 1 aliphatic heterocycles. The zero-order valence-electron chi connectivity index (χ0n) is 20.2. The minimum Gasteiger partial charge on any atom is -0.474 e. The summed E-state index contributed by atoms with van der Waals surface area (Å²) in [5, 5.41) is 4.77. The van der Waals surface area contributed by atoms with Crippen LogP contribution in [0.5, 0.6) is 5.88 Å². The van der Waals surface area contributed by atoms with Gasteiger partial charge in [0.05, 0.1) is 18.3 Å². The molecule has 0 bridgehead atoms. The predicted molar refractivity (Wildman–Crippen MR) is 133 cm³/mol. The molecule has 192 valence electrons. The number of aryl methyl sites for hydroxylation is 1. The van der Waals surface area contributed by atoms with E-state index in [1.165, 1.54) is 6.07 Å². The van der Waals surface area contributed by atoms with Crippen molar-refractivity contribution >= 4 is 22.8 Å². The molecule has 8 nitrogen and oxygen atoms in total. The number of nitrogens with zero attached hydrogens (tertiary/aromatic N) is 6. The molecule has 4 heterocycles. The van der Waals surface area contributed by atoms with Crippen molar-refractivity contribution in [1.82, 2.24) is 29.7 Å². The predicted octanol–water partition coefficient (Wildman–Crippen LogP) is 5.70. The SMILES string of the molecule is Cc1nc2nc([C@H]3CCO[C@@H](c4cnn(C5CC5)c4)C3)nc(-c3ccc(Cl)cc3F)c2nc1OCCF. The Bertz CT molecular complexity index is 1460. The molecule has 1 aliphatic carbocycles. The Morgan fingerprint density at radius 3 is 2.81 bits per heavy atom. The Balaban J connectivity index is 1.41. The summed E-state index contributed by atoms with van der Waals surface area (Å²) < 4.78 is 41.3. The zero-order valence-corrected chi connectivity index (χ0v) is 21.0. The molecule has 3 aromatic heterocycles. The molecule has 11 heteroatoms. The molecular formula is C26H25ClF2N6O2. The van der Waals surface area contributed by atoms with Crippen molar-refractivity contribution in [2.75, 3.05) is 19.9 Å². The molecule has 0 N–H and O–H groups in total. The topological polar surface area (TPSA) is 87.8 Å². The van der Waals surface area contributed by atoms with Crippen molar-refractivity contribution in [3.63, 3.8) is 0 Å². The fourth-order valence-electron chi connectivity index (χ4n) is 4.68. The normalized spacial score (nSPS) is 19.9. The van der Waals surface area contributed by atoms with Crippen LogP contribution in [0.15, 0.2) is 30.6 Å². The van der Waals surface area contributed by atoms with Crippen molar-refractivity contribution in [3.8, 4) is 17.1 Å². The third-order valence-electron chi connectivity index (χ3n) is 6.74. The van der Waals surface area contributed by atoms with E-state index in [0.29, 0.717) is 42.7 Å². The lowest BCUT2D eigenvalue weighted by molar-refractivity contribution is 0.00396. The molecule has 2 atom stereocenters. The molecular weight excluding hydrogens is 502 g/mol. The summed E-state index contributed by atoms with van der Waals surface area (Å²) >= 11 is 6.00. The van der Waals surface area contributed by atoms with Gasteiger partial charge >= 0.3 is 0 Å². The van der Waals surface area contributed by atoms with E-state index in [9.17, 15) is 4.39 Å². The number of hydrogen-bond donors (Lipinski definition) is 0. The molecule has 1 aromatic carbocycles. The molecule has 6 rings (SSSR count). The molecule has 4 aromatic rings. The van der Waals surface area contributed by atoms with Crippen LogP contribution < -0.4 is 4.74 Å². The Morgan fingerprint density at radius 2 is 2.03 bits per heavy atom. The second-order valence-electron chi connectivity index (χ2n) is 9.44. The van der Waals surface area contributed by atoms with Crippen LogP contribution in [0.25, 0.3) is 22.4 Å². The van der Waals surface area contributed by atoms with Gasteiger partial charge in [-0.05, 0) is 50.8 Å². The molecule has 2 aliphatic rings. The quantitative estimate of drug-likeness (QED) is 0.305. The monoisotopic (exact) mass is 526 g/mol. The smallest absolute Gasteiger partial charge is 0.236 e. The molecule has 1 saturated carbocycles. The highest BCUT2D eigenvalue weighted by Gasteiger charge is 2.31. The minimum atomic E-state index is -0.669. The van der Waals surface area contributed by atoms with E-state index < -0.39 is 12.5 Å². The number of fused-ring (bicyclic) bond motifs is 1. The second kappa shape index (κ2) is 9.90. The maximum Gasteiger partial charge on any atom is 0.236 e. The third-order valence-corrected chi connectivity index (χ3v) is 6.98. The molecule has 0 radical (unpaired) electrons. The Labute approximate surface area is 217 Å². The Kier molecular flexibility index (Phi) is 6.46. The van der Waals surface area contributed by atoms with Gasteiger partial charge in [0.25, 0.3) is 0 Å². The lowest BCUT2D eigenvalue weighted by atomic mass is 9.92. The van der Waals surface area contributed by atoms with Gasteiger partial charge in [0, 0.05) is 34.9 Å². The van der Waals surface area contributed by atoms with Gasteiger partial charge in [0.2, 0.25) is 5.88 Å². The highest BCUT2D eigenvalue weighted by atomic mass is 35.5. The van der Waals surface area contributed by atoms with E-state index in [0.717, 1.165) is 18.4 Å². The summed E-state index contributed by atoms with van der Waals surface area (Å²) in [7, 11) is 0. The van der Waals surface area contributed by atoms with Crippen LogP contribution in [-0.2, 0) is 4.74 Å². The van der Waals surface area contributed by atoms with E-state index in [1.807, 2.05) is 10.9 Å². The summed E-state index contributed by atoms with van der Waals surface area (Å²) in [5.41, 5.74) is 2.61. The fourth-order valence-corrected chi connectivity index (χ4v) is 4.83. The van der Waals surface area contributed by atoms with Crippen LogP contribution in [0.3, 0.4) is 0 Å². The first-order chi connectivity index (χ1) is 18.0. The van der Waals surface area contributed by atoms with Crippen molar-refractivity contribution in [2.24, 2.45) is 0 Å². The largest absolute Gasteiger partial charge is 0.474 e. The van der Waals surface area contributed by atoms with Crippen LogP contribution in [-0.4, -0.2) is 49.6 Å². The summed E-state index contributed by atoms with van der Waals surface area (Å²) in [6.45, 7) is 1.42. The van der Waals surface area contributed by atoms with Gasteiger partial charge < -0.3 is 9.47 Å². The van der Waals surface area contributed by atoms with E-state index in [1.54, 1.807) is 19.1 Å². The van der Waals surface area contributed by atoms with Crippen LogP contribution in [0.1, 0.15) is 60.8 Å². The summed E-state index contributed by atoms with van der Waals surface area (Å²) in [5.74, 6) is 0.136. The summed E-state index contributed by atoms with van der Waals surface area (Å²) in [4.78, 5) is 18.6. The molecule has 0 unspecified atom stereocenters. The van der Waals surface area contributed by atoms with Crippen molar-refractivity contribution in [1.29, 1.82) is 0 Å². The van der Waals surface area contributed by atoms with Gasteiger partial charge in [-0.1, -0.05) is 11.6 Å². The number of ether oxygens (including phenoxy) is 2. The molecule has 1 saturated heterocycles. The van der Waals surface area contributed by atoms with Crippen LogP contribution in [0.2, 0.25) is 5.02 Å². The molecule has 2 fully saturated rings. The van der Waals surface area contributed by atoms with Gasteiger partial charge in [0.15, 0.2) is 5.65 Å². The van der Waals surface area contributed by atoms with Gasteiger partial charge in [0.1, 0.15) is 41.8 Å². The molecule has 0 amide bonds. The number of aromatic nitrogens is 6. The summed E-state index contributed by atoms with van der Waals surface area (Å²) in [6.07, 6.45) is 7.49. The van der Waals surface area contributed by atoms with Gasteiger partial charge in [-0.3, -0.25) is 4.68 Å². The summed E-state index contributed by atoms with van der Waals surface area (Å²) in [6, 6.07) is 4.88. The van der Waals surface area contributed by atoms with Gasteiger partial charge in [-0.25, -0.2) is 28.7 Å². The van der Waals surface area contributed by atoms with Crippen LogP contribution in [0.4, 0.5) is 8.78 Å². The van der Waals surface area contributed by atoms with Crippen molar-refractivity contribution in [2.45, 2.75) is 50.7 Å². The van der Waals surface area contributed by atoms with Crippen LogP contribution in [0, 0.1) is 12.7 Å². The van der Waals surface area contributed by atoms with E-state index in [-0.39, 0.29) is 46.3 Å². The maximum atomic E-state index is 15.1. The first kappa shape index (κ1) is 24.1.